The molecule has 2 N–H and O–H groups in total. The van der Waals surface area contributed by atoms with Crippen molar-refractivity contribution in [1.82, 2.24) is 9.88 Å². The summed E-state index contributed by atoms with van der Waals surface area (Å²) < 4.78 is 43.3. The highest BCUT2D eigenvalue weighted by Gasteiger charge is 2.38. The molecule has 2 heterocycles. The molecule has 1 aliphatic rings. The van der Waals surface area contributed by atoms with Crippen LogP contribution in [0.25, 0.3) is 0 Å². The molecule has 0 spiro atoms. The van der Waals surface area contributed by atoms with Gasteiger partial charge in [0.1, 0.15) is 17.9 Å². The lowest BCUT2D eigenvalue weighted by atomic mass is 10.0. The van der Waals surface area contributed by atoms with E-state index >= 15 is 0 Å². The SMILES string of the molecule is CC(C)N1C[C@H](Oc2cccc(C(F)(F)F)n2)[C@@H](O)[C@@H](O)C1. The Hall–Kier alpha value is -1.38. The highest BCUT2D eigenvalue weighted by Crippen LogP contribution is 2.29. The average Bonchev–Trinajstić information content (AvgIpc) is 2.43. The Kier molecular flexibility index (Phi) is 4.93. The highest BCUT2D eigenvalue weighted by atomic mass is 19.4. The minimum atomic E-state index is -4.56. The van der Waals surface area contributed by atoms with E-state index in [4.69, 9.17) is 4.74 Å². The molecule has 0 aliphatic carbocycles. The van der Waals surface area contributed by atoms with Crippen LogP contribution >= 0.6 is 0 Å². The van der Waals surface area contributed by atoms with Gasteiger partial charge >= 0.3 is 6.18 Å². The van der Waals surface area contributed by atoms with Crippen LogP contribution in [-0.4, -0.2) is 57.5 Å². The van der Waals surface area contributed by atoms with Gasteiger partial charge in [-0.25, -0.2) is 4.98 Å². The van der Waals surface area contributed by atoms with Crippen LogP contribution in [0.2, 0.25) is 0 Å². The van der Waals surface area contributed by atoms with Crippen LogP contribution in [0, 0.1) is 0 Å². The topological polar surface area (TPSA) is 65.8 Å². The maximum Gasteiger partial charge on any atom is 0.433 e. The normalized spacial score (nSPS) is 27.2. The molecular weight excluding hydrogens is 301 g/mol. The Bertz CT molecular complexity index is 510. The molecule has 0 unspecified atom stereocenters. The third-order valence-corrected chi connectivity index (χ3v) is 3.63. The van der Waals surface area contributed by atoms with Crippen molar-refractivity contribution >= 4 is 0 Å². The Balaban J connectivity index is 2.14. The van der Waals surface area contributed by atoms with E-state index < -0.39 is 30.2 Å². The number of β-amino-alcohol motifs (C(OH)–C–C–N with tert-alkyl or cyclic N) is 1. The fourth-order valence-electron chi connectivity index (χ4n) is 2.33. The second-order valence-corrected chi connectivity index (χ2v) is 5.62. The van der Waals surface area contributed by atoms with Gasteiger partial charge in [-0.05, 0) is 19.9 Å². The third-order valence-electron chi connectivity index (χ3n) is 3.63. The fraction of sp³-hybridized carbons (Fsp3) is 0.643. The summed E-state index contributed by atoms with van der Waals surface area (Å²) in [6.45, 7) is 4.43. The van der Waals surface area contributed by atoms with Gasteiger partial charge in [0, 0.05) is 25.2 Å². The molecule has 0 amide bonds. The minimum Gasteiger partial charge on any atom is -0.470 e. The number of piperidine rings is 1. The Morgan fingerprint density at radius 3 is 2.55 bits per heavy atom. The zero-order valence-electron chi connectivity index (χ0n) is 12.3. The highest BCUT2D eigenvalue weighted by molar-refractivity contribution is 5.18. The van der Waals surface area contributed by atoms with E-state index in [1.54, 1.807) is 0 Å². The van der Waals surface area contributed by atoms with E-state index in [1.165, 1.54) is 12.1 Å². The largest absolute Gasteiger partial charge is 0.470 e. The Morgan fingerprint density at radius 2 is 1.95 bits per heavy atom. The maximum absolute atomic E-state index is 12.6. The zero-order chi connectivity index (χ0) is 16.5. The van der Waals surface area contributed by atoms with Crippen molar-refractivity contribution in [2.24, 2.45) is 0 Å². The molecule has 22 heavy (non-hydrogen) atoms. The van der Waals surface area contributed by atoms with Gasteiger partial charge in [0.2, 0.25) is 5.88 Å². The summed E-state index contributed by atoms with van der Waals surface area (Å²) in [7, 11) is 0. The summed E-state index contributed by atoms with van der Waals surface area (Å²) in [5, 5.41) is 19.8. The van der Waals surface area contributed by atoms with E-state index in [0.717, 1.165) is 6.07 Å². The van der Waals surface area contributed by atoms with Crippen LogP contribution < -0.4 is 4.74 Å². The van der Waals surface area contributed by atoms with Gasteiger partial charge in [0.15, 0.2) is 0 Å². The first kappa shape index (κ1) is 17.0. The zero-order valence-corrected chi connectivity index (χ0v) is 12.3. The number of aliphatic hydroxyl groups is 2. The number of hydrogen-bond acceptors (Lipinski definition) is 5. The number of pyridine rings is 1. The van der Waals surface area contributed by atoms with Crippen LogP contribution in [0.5, 0.6) is 5.88 Å². The van der Waals surface area contributed by atoms with Crippen LogP contribution in [0.3, 0.4) is 0 Å². The summed E-state index contributed by atoms with van der Waals surface area (Å²) in [5.41, 5.74) is -1.06. The van der Waals surface area contributed by atoms with Gasteiger partial charge in [0.05, 0.1) is 6.10 Å². The first-order chi connectivity index (χ1) is 10.2. The molecule has 1 aromatic rings. The maximum atomic E-state index is 12.6. The summed E-state index contributed by atoms with van der Waals surface area (Å²) in [5.74, 6) is -0.225. The van der Waals surface area contributed by atoms with Crippen molar-refractivity contribution in [2.75, 3.05) is 13.1 Å². The van der Waals surface area contributed by atoms with Gasteiger partial charge in [-0.3, -0.25) is 4.90 Å². The molecular formula is C14H19F3N2O3. The van der Waals surface area contributed by atoms with Crippen LogP contribution in [0.1, 0.15) is 19.5 Å². The van der Waals surface area contributed by atoms with E-state index in [2.05, 4.69) is 4.98 Å². The molecule has 0 bridgehead atoms. The van der Waals surface area contributed by atoms with E-state index in [9.17, 15) is 23.4 Å². The van der Waals surface area contributed by atoms with Gasteiger partial charge in [-0.2, -0.15) is 13.2 Å². The number of alkyl halides is 3. The molecule has 1 saturated heterocycles. The van der Waals surface area contributed by atoms with Gasteiger partial charge < -0.3 is 14.9 Å². The van der Waals surface area contributed by atoms with Gasteiger partial charge in [-0.15, -0.1) is 0 Å². The molecule has 5 nitrogen and oxygen atoms in total. The molecule has 1 aromatic heterocycles. The molecule has 1 fully saturated rings. The van der Waals surface area contributed by atoms with Gasteiger partial charge in [0.25, 0.3) is 0 Å². The monoisotopic (exact) mass is 320 g/mol. The quantitative estimate of drug-likeness (QED) is 0.879. The standard InChI is InChI=1S/C14H19F3N2O3/c1-8(2)19-6-9(20)13(21)10(7-19)22-12-5-3-4-11(18-12)14(15,16)17/h3-5,8-10,13,20-21H,6-7H2,1-2H3/t9-,10-,13-/m0/s1. The summed E-state index contributed by atoms with van der Waals surface area (Å²) in [6.07, 6.45) is -7.60. The van der Waals surface area contributed by atoms with Crippen LogP contribution in [-0.2, 0) is 6.18 Å². The number of hydrogen-bond donors (Lipinski definition) is 2. The molecule has 0 saturated carbocycles. The molecule has 8 heteroatoms. The molecule has 0 aromatic carbocycles. The van der Waals surface area contributed by atoms with Crippen LogP contribution in [0.15, 0.2) is 18.2 Å². The number of ether oxygens (including phenoxy) is 1. The second-order valence-electron chi connectivity index (χ2n) is 5.62. The van der Waals surface area contributed by atoms with E-state index in [-0.39, 0.29) is 18.5 Å². The molecule has 2 rings (SSSR count). The summed E-state index contributed by atoms with van der Waals surface area (Å²) >= 11 is 0. The minimum absolute atomic E-state index is 0.114. The number of aliphatic hydroxyl groups excluding tert-OH is 2. The fourth-order valence-corrected chi connectivity index (χ4v) is 2.33. The van der Waals surface area contributed by atoms with E-state index in [1.807, 2.05) is 18.7 Å². The Labute approximate surface area is 126 Å². The lowest BCUT2D eigenvalue weighted by molar-refractivity contribution is -0.142. The number of nitrogens with zero attached hydrogens (tertiary/aromatic N) is 2. The average molecular weight is 320 g/mol. The molecule has 124 valence electrons. The number of aromatic nitrogens is 1. The number of likely N-dealkylation sites (tertiary alicyclic amines) is 1. The lowest BCUT2D eigenvalue weighted by Crippen LogP contribution is -2.58. The Morgan fingerprint density at radius 1 is 1.27 bits per heavy atom. The smallest absolute Gasteiger partial charge is 0.433 e. The van der Waals surface area contributed by atoms with Crippen molar-refractivity contribution in [3.8, 4) is 5.88 Å². The van der Waals surface area contributed by atoms with Gasteiger partial charge in [-0.1, -0.05) is 6.07 Å². The third kappa shape index (κ3) is 3.88. The van der Waals surface area contributed by atoms with Crippen molar-refractivity contribution < 1.29 is 28.1 Å². The second kappa shape index (κ2) is 6.39. The lowest BCUT2D eigenvalue weighted by Gasteiger charge is -2.40. The molecule has 1 aliphatic heterocycles. The van der Waals surface area contributed by atoms with Crippen molar-refractivity contribution in [3.63, 3.8) is 0 Å². The summed E-state index contributed by atoms with van der Waals surface area (Å²) in [6, 6.07) is 3.45. The van der Waals surface area contributed by atoms with Crippen molar-refractivity contribution in [3.05, 3.63) is 23.9 Å². The summed E-state index contributed by atoms with van der Waals surface area (Å²) in [4.78, 5) is 5.29. The molecule has 0 radical (unpaired) electrons. The van der Waals surface area contributed by atoms with E-state index in [0.29, 0.717) is 6.54 Å². The van der Waals surface area contributed by atoms with Crippen molar-refractivity contribution in [2.45, 2.75) is 44.4 Å². The predicted octanol–water partition coefficient (Wildman–Crippen LogP) is 1.29. The van der Waals surface area contributed by atoms with Crippen LogP contribution in [0.4, 0.5) is 13.2 Å². The number of halogens is 3. The molecule has 3 atom stereocenters. The predicted molar refractivity (Wildman–Crippen MR) is 72.4 cm³/mol. The number of rotatable bonds is 3. The first-order valence-electron chi connectivity index (χ1n) is 6.99. The van der Waals surface area contributed by atoms with Crippen molar-refractivity contribution in [1.29, 1.82) is 0 Å². The first-order valence-corrected chi connectivity index (χ1v) is 6.99.